The molecule has 6 heteroatoms. The lowest BCUT2D eigenvalue weighted by Gasteiger charge is -2.27. The molecule has 0 radical (unpaired) electrons. The van der Waals surface area contributed by atoms with E-state index in [-0.39, 0.29) is 24.4 Å². The average molecular weight is 347 g/mol. The van der Waals surface area contributed by atoms with E-state index in [4.69, 9.17) is 16.3 Å². The molecule has 124 valence electrons. The minimum Gasteiger partial charge on any atom is -0.494 e. The van der Waals surface area contributed by atoms with Gasteiger partial charge in [0.2, 0.25) is 5.91 Å². The Bertz CT molecular complexity index is 448. The molecule has 1 unspecified atom stereocenters. The molecule has 1 heterocycles. The lowest BCUT2D eigenvalue weighted by Crippen LogP contribution is -2.47. The maximum atomic E-state index is 12.2. The van der Waals surface area contributed by atoms with Gasteiger partial charge in [-0.25, -0.2) is 0 Å². The number of piperidine rings is 1. The molecule has 0 bridgehead atoms. The molecule has 0 aliphatic carbocycles. The quantitative estimate of drug-likeness (QED) is 0.804. The first kappa shape index (κ1) is 19.1. The number of amides is 1. The first-order valence-electron chi connectivity index (χ1n) is 7.53. The lowest BCUT2D eigenvalue weighted by atomic mass is 10.0. The Balaban J connectivity index is 0.00000242. The normalized spacial score (nSPS) is 17.5. The monoisotopic (exact) mass is 346 g/mol. The summed E-state index contributed by atoms with van der Waals surface area (Å²) in [6.45, 7) is 2.26. The Morgan fingerprint density at radius 1 is 1.36 bits per heavy atom. The number of halogens is 2. The van der Waals surface area contributed by atoms with E-state index in [0.717, 1.165) is 31.6 Å². The van der Waals surface area contributed by atoms with Gasteiger partial charge in [0.05, 0.1) is 12.6 Å². The van der Waals surface area contributed by atoms with Crippen molar-refractivity contribution in [3.8, 4) is 5.75 Å². The highest BCUT2D eigenvalue weighted by Crippen LogP contribution is 2.15. The van der Waals surface area contributed by atoms with Gasteiger partial charge in [0.1, 0.15) is 5.75 Å². The summed E-state index contributed by atoms with van der Waals surface area (Å²) in [5, 5.41) is 3.99. The molecule has 22 heavy (non-hydrogen) atoms. The van der Waals surface area contributed by atoms with Gasteiger partial charge >= 0.3 is 0 Å². The van der Waals surface area contributed by atoms with Crippen molar-refractivity contribution in [2.24, 2.45) is 0 Å². The first-order chi connectivity index (χ1) is 10.2. The first-order valence-corrected chi connectivity index (χ1v) is 7.91. The molecule has 1 aliphatic rings. The summed E-state index contributed by atoms with van der Waals surface area (Å²) in [6, 6.07) is 7.32. The highest BCUT2D eigenvalue weighted by molar-refractivity contribution is 6.30. The zero-order valence-electron chi connectivity index (χ0n) is 12.9. The molecule has 1 atom stereocenters. The topological polar surface area (TPSA) is 41.6 Å². The zero-order chi connectivity index (χ0) is 15.1. The summed E-state index contributed by atoms with van der Waals surface area (Å²) >= 11 is 5.82. The molecule has 1 aromatic rings. The molecular weight excluding hydrogens is 323 g/mol. The third-order valence-electron chi connectivity index (χ3n) is 3.70. The fourth-order valence-corrected chi connectivity index (χ4v) is 2.59. The fraction of sp³-hybridized carbons (Fsp3) is 0.562. The molecular formula is C16H24Cl2N2O2. The van der Waals surface area contributed by atoms with E-state index >= 15 is 0 Å². The Morgan fingerprint density at radius 3 is 2.73 bits per heavy atom. The molecule has 4 nitrogen and oxygen atoms in total. The van der Waals surface area contributed by atoms with E-state index in [1.165, 1.54) is 6.42 Å². The van der Waals surface area contributed by atoms with Gasteiger partial charge in [-0.3, -0.25) is 4.79 Å². The van der Waals surface area contributed by atoms with E-state index in [2.05, 4.69) is 5.32 Å². The van der Waals surface area contributed by atoms with Gasteiger partial charge in [-0.2, -0.15) is 0 Å². The smallest absolute Gasteiger partial charge is 0.239 e. The number of hydrogen-bond acceptors (Lipinski definition) is 3. The van der Waals surface area contributed by atoms with Gasteiger partial charge in [0.25, 0.3) is 0 Å². The number of benzene rings is 1. The maximum Gasteiger partial charge on any atom is 0.239 e. The summed E-state index contributed by atoms with van der Waals surface area (Å²) in [4.78, 5) is 14.0. The third-order valence-corrected chi connectivity index (χ3v) is 3.96. The molecule has 1 aromatic carbocycles. The standard InChI is InChI=1S/C16H23ClN2O2.ClH/c1-19(16(20)15-5-2-3-10-18-15)11-4-12-21-14-8-6-13(17)7-9-14;/h6-9,15,18H,2-5,10-12H2,1H3;1H. The van der Waals surface area contributed by atoms with Crippen LogP contribution in [-0.2, 0) is 4.79 Å². The summed E-state index contributed by atoms with van der Waals surface area (Å²) in [6.07, 6.45) is 4.07. The summed E-state index contributed by atoms with van der Waals surface area (Å²) < 4.78 is 5.62. The zero-order valence-corrected chi connectivity index (χ0v) is 14.5. The number of likely N-dealkylation sites (N-methyl/N-ethyl adjacent to an activating group) is 1. The van der Waals surface area contributed by atoms with Crippen LogP contribution in [-0.4, -0.2) is 43.6 Å². The van der Waals surface area contributed by atoms with Gasteiger partial charge in [-0.05, 0) is 50.1 Å². The van der Waals surface area contributed by atoms with Gasteiger partial charge < -0.3 is 15.0 Å². The number of nitrogens with zero attached hydrogens (tertiary/aromatic N) is 1. The predicted molar refractivity (Wildman–Crippen MR) is 92.1 cm³/mol. The van der Waals surface area contributed by atoms with E-state index in [1.54, 1.807) is 17.0 Å². The Hall–Kier alpha value is -0.970. The van der Waals surface area contributed by atoms with Crippen molar-refractivity contribution in [1.82, 2.24) is 10.2 Å². The number of ether oxygens (including phenoxy) is 1. The Labute approximate surface area is 143 Å². The second-order valence-electron chi connectivity index (χ2n) is 5.42. The van der Waals surface area contributed by atoms with E-state index in [0.29, 0.717) is 18.2 Å². The van der Waals surface area contributed by atoms with Crippen molar-refractivity contribution in [2.75, 3.05) is 26.7 Å². The van der Waals surface area contributed by atoms with Crippen molar-refractivity contribution < 1.29 is 9.53 Å². The molecule has 1 fully saturated rings. The minimum atomic E-state index is 0. The number of hydrogen-bond donors (Lipinski definition) is 1. The second kappa shape index (κ2) is 9.93. The summed E-state index contributed by atoms with van der Waals surface area (Å²) in [5.41, 5.74) is 0. The molecule has 0 spiro atoms. The van der Waals surface area contributed by atoms with Gasteiger partial charge in [-0.1, -0.05) is 18.0 Å². The highest BCUT2D eigenvalue weighted by atomic mass is 35.5. The van der Waals surface area contributed by atoms with E-state index in [9.17, 15) is 4.79 Å². The molecule has 0 aromatic heterocycles. The number of nitrogens with one attached hydrogen (secondary N) is 1. The average Bonchev–Trinajstić information content (AvgIpc) is 2.53. The van der Waals surface area contributed by atoms with Crippen LogP contribution in [0.1, 0.15) is 25.7 Å². The largest absolute Gasteiger partial charge is 0.494 e. The SMILES string of the molecule is CN(CCCOc1ccc(Cl)cc1)C(=O)C1CCCCN1.Cl. The molecule has 1 N–H and O–H groups in total. The lowest BCUT2D eigenvalue weighted by molar-refractivity contribution is -0.132. The third kappa shape index (κ3) is 6.03. The van der Waals surface area contributed by atoms with Gasteiger partial charge in [-0.15, -0.1) is 12.4 Å². The Kier molecular flexibility index (Phi) is 8.61. The van der Waals surface area contributed by atoms with Crippen molar-refractivity contribution in [3.63, 3.8) is 0 Å². The van der Waals surface area contributed by atoms with Crippen molar-refractivity contribution >= 4 is 29.9 Å². The molecule has 1 aliphatic heterocycles. The summed E-state index contributed by atoms with van der Waals surface area (Å²) in [7, 11) is 1.86. The van der Waals surface area contributed by atoms with Crippen LogP contribution < -0.4 is 10.1 Å². The van der Waals surface area contributed by atoms with Crippen LogP contribution in [0.15, 0.2) is 24.3 Å². The molecule has 1 saturated heterocycles. The maximum absolute atomic E-state index is 12.2. The van der Waals surface area contributed by atoms with Crippen LogP contribution in [0.4, 0.5) is 0 Å². The number of carbonyl (C=O) groups excluding carboxylic acids is 1. The van der Waals surface area contributed by atoms with Crippen LogP contribution >= 0.6 is 24.0 Å². The molecule has 0 saturated carbocycles. The number of carbonyl (C=O) groups is 1. The van der Waals surface area contributed by atoms with E-state index in [1.807, 2.05) is 19.2 Å². The van der Waals surface area contributed by atoms with E-state index < -0.39 is 0 Å². The van der Waals surface area contributed by atoms with Crippen LogP contribution in [0.2, 0.25) is 5.02 Å². The minimum absolute atomic E-state index is 0. The summed E-state index contributed by atoms with van der Waals surface area (Å²) in [5.74, 6) is 1.00. The van der Waals surface area contributed by atoms with Gasteiger partial charge in [0, 0.05) is 18.6 Å². The highest BCUT2D eigenvalue weighted by Gasteiger charge is 2.23. The van der Waals surface area contributed by atoms with Crippen molar-refractivity contribution in [1.29, 1.82) is 0 Å². The predicted octanol–water partition coefficient (Wildman–Crippen LogP) is 3.13. The van der Waals surface area contributed by atoms with Crippen LogP contribution in [0.25, 0.3) is 0 Å². The van der Waals surface area contributed by atoms with Crippen LogP contribution in [0.5, 0.6) is 5.75 Å². The van der Waals surface area contributed by atoms with Crippen molar-refractivity contribution in [3.05, 3.63) is 29.3 Å². The van der Waals surface area contributed by atoms with Gasteiger partial charge in [0.15, 0.2) is 0 Å². The van der Waals surface area contributed by atoms with Crippen LogP contribution in [0, 0.1) is 0 Å². The second-order valence-corrected chi connectivity index (χ2v) is 5.85. The number of rotatable bonds is 6. The van der Waals surface area contributed by atoms with Crippen LogP contribution in [0.3, 0.4) is 0 Å². The van der Waals surface area contributed by atoms with Crippen molar-refractivity contribution in [2.45, 2.75) is 31.7 Å². The fourth-order valence-electron chi connectivity index (χ4n) is 2.46. The Morgan fingerprint density at radius 2 is 2.09 bits per heavy atom. The molecule has 2 rings (SSSR count). The molecule has 1 amide bonds.